The van der Waals surface area contributed by atoms with Crippen LogP contribution in [0.3, 0.4) is 0 Å². The zero-order valence-electron chi connectivity index (χ0n) is 20.6. The number of aliphatic imine (C=N–C) groups is 1. The standard InChI is InChI=1S/C26H40N4O3/c1-6-18(2)16-28-26(27)30-11-9-22(10-12-30)8-7-13-33-23-14-19(3)24(20(4)15-23)25(32)29-21(5)17-31/h6,14-16,21-22,31H,1,7-13,17H2,2-5H3,(H2,27,28)(H,29,32)/b18-16-/t21-/m1/s1. The molecule has 182 valence electrons. The molecule has 7 nitrogen and oxygen atoms in total. The molecule has 7 heteroatoms. The van der Waals surface area contributed by atoms with Crippen molar-refractivity contribution in [3.63, 3.8) is 0 Å². The Balaban J connectivity index is 1.77. The molecule has 1 fully saturated rings. The van der Waals surface area contributed by atoms with Gasteiger partial charge in [-0.15, -0.1) is 0 Å². The topological polar surface area (TPSA) is 100 Å². The van der Waals surface area contributed by atoms with Crippen LogP contribution in [0.1, 0.15) is 61.0 Å². The number of likely N-dealkylation sites (tertiary alicyclic amines) is 1. The number of piperidine rings is 1. The number of aliphatic hydroxyl groups excluding tert-OH is 1. The van der Waals surface area contributed by atoms with Crippen LogP contribution in [0.25, 0.3) is 0 Å². The molecule has 0 aromatic heterocycles. The molecule has 2 rings (SSSR count). The molecule has 1 aromatic carbocycles. The van der Waals surface area contributed by atoms with Gasteiger partial charge in [0, 0.05) is 30.9 Å². The lowest BCUT2D eigenvalue weighted by Crippen LogP contribution is -2.42. The second kappa shape index (κ2) is 13.0. The van der Waals surface area contributed by atoms with Gasteiger partial charge in [0.05, 0.1) is 13.2 Å². The Kier molecular flexibility index (Phi) is 10.5. The molecule has 1 aromatic rings. The summed E-state index contributed by atoms with van der Waals surface area (Å²) in [5, 5.41) is 12.0. The molecule has 1 saturated heterocycles. The highest BCUT2D eigenvalue weighted by Gasteiger charge is 2.20. The number of carbonyl (C=O) groups is 1. The van der Waals surface area contributed by atoms with Crippen molar-refractivity contribution < 1.29 is 14.6 Å². The molecule has 33 heavy (non-hydrogen) atoms. The first kappa shape index (κ1) is 26.5. The van der Waals surface area contributed by atoms with Gasteiger partial charge in [-0.1, -0.05) is 12.7 Å². The summed E-state index contributed by atoms with van der Waals surface area (Å²) in [6.45, 7) is 13.7. The van der Waals surface area contributed by atoms with E-state index in [9.17, 15) is 4.79 Å². The molecule has 1 atom stereocenters. The van der Waals surface area contributed by atoms with Crippen LogP contribution >= 0.6 is 0 Å². The van der Waals surface area contributed by atoms with E-state index in [0.29, 0.717) is 24.0 Å². The monoisotopic (exact) mass is 456 g/mol. The predicted octanol–water partition coefficient (Wildman–Crippen LogP) is 3.69. The van der Waals surface area contributed by atoms with E-state index in [1.165, 1.54) is 0 Å². The summed E-state index contributed by atoms with van der Waals surface area (Å²) >= 11 is 0. The minimum Gasteiger partial charge on any atom is -0.494 e. The third kappa shape index (κ3) is 8.24. The quantitative estimate of drug-likeness (QED) is 0.216. The Morgan fingerprint density at radius 3 is 2.58 bits per heavy atom. The van der Waals surface area contributed by atoms with Crippen LogP contribution in [-0.4, -0.2) is 54.2 Å². The van der Waals surface area contributed by atoms with Gasteiger partial charge in [-0.3, -0.25) is 4.79 Å². The first-order chi connectivity index (χ1) is 15.7. The second-order valence-corrected chi connectivity index (χ2v) is 8.97. The maximum absolute atomic E-state index is 12.5. The molecular weight excluding hydrogens is 416 g/mol. The smallest absolute Gasteiger partial charge is 0.252 e. The van der Waals surface area contributed by atoms with Crippen LogP contribution in [0, 0.1) is 19.8 Å². The minimum absolute atomic E-state index is 0.0855. The van der Waals surface area contributed by atoms with E-state index in [4.69, 9.17) is 15.6 Å². The zero-order chi connectivity index (χ0) is 24.4. The van der Waals surface area contributed by atoms with Gasteiger partial charge in [0.25, 0.3) is 5.91 Å². The van der Waals surface area contributed by atoms with E-state index in [1.807, 2.05) is 32.9 Å². The fourth-order valence-corrected chi connectivity index (χ4v) is 4.02. The molecule has 0 unspecified atom stereocenters. The van der Waals surface area contributed by atoms with Crippen LogP contribution in [0.5, 0.6) is 5.75 Å². The number of guanidine groups is 1. The number of nitrogens with one attached hydrogen (secondary N) is 1. The number of allylic oxidation sites excluding steroid dienone is 2. The second-order valence-electron chi connectivity index (χ2n) is 8.97. The number of nitrogens with zero attached hydrogens (tertiary/aromatic N) is 2. The van der Waals surface area contributed by atoms with E-state index >= 15 is 0 Å². The van der Waals surface area contributed by atoms with Crippen molar-refractivity contribution in [2.75, 3.05) is 26.3 Å². The lowest BCUT2D eigenvalue weighted by atomic mass is 9.92. The normalized spacial score (nSPS) is 16.5. The zero-order valence-corrected chi connectivity index (χ0v) is 20.6. The Hall–Kier alpha value is -2.80. The highest BCUT2D eigenvalue weighted by molar-refractivity contribution is 5.97. The van der Waals surface area contributed by atoms with Crippen molar-refractivity contribution in [1.82, 2.24) is 10.2 Å². The van der Waals surface area contributed by atoms with Crippen LogP contribution in [0.4, 0.5) is 0 Å². The average molecular weight is 457 g/mol. The average Bonchev–Trinajstić information content (AvgIpc) is 2.79. The van der Waals surface area contributed by atoms with Crippen LogP contribution < -0.4 is 15.8 Å². The number of rotatable bonds is 10. The lowest BCUT2D eigenvalue weighted by molar-refractivity contribution is 0.0921. The summed E-state index contributed by atoms with van der Waals surface area (Å²) in [7, 11) is 0. The number of carbonyl (C=O) groups excluding carboxylic acids is 1. The maximum atomic E-state index is 12.5. The van der Waals surface area contributed by atoms with Gasteiger partial charge in [-0.25, -0.2) is 4.99 Å². The minimum atomic E-state index is -0.277. The van der Waals surface area contributed by atoms with Gasteiger partial charge in [0.1, 0.15) is 5.75 Å². The van der Waals surface area contributed by atoms with Gasteiger partial charge in [-0.2, -0.15) is 0 Å². The molecule has 4 N–H and O–H groups in total. The fourth-order valence-electron chi connectivity index (χ4n) is 4.02. The molecule has 1 aliphatic rings. The van der Waals surface area contributed by atoms with Crippen molar-refractivity contribution in [1.29, 1.82) is 0 Å². The number of benzene rings is 1. The van der Waals surface area contributed by atoms with E-state index in [0.717, 1.165) is 61.2 Å². The number of hydrogen-bond acceptors (Lipinski definition) is 4. The van der Waals surface area contributed by atoms with Gasteiger partial charge in [-0.05, 0) is 88.1 Å². The number of aryl methyl sites for hydroxylation is 2. The van der Waals surface area contributed by atoms with Gasteiger partial charge >= 0.3 is 0 Å². The molecular formula is C26H40N4O3. The van der Waals surface area contributed by atoms with Gasteiger partial charge in [0.2, 0.25) is 0 Å². The lowest BCUT2D eigenvalue weighted by Gasteiger charge is -2.32. The predicted molar refractivity (Wildman–Crippen MR) is 135 cm³/mol. The summed E-state index contributed by atoms with van der Waals surface area (Å²) in [4.78, 5) is 18.9. The SMILES string of the molecule is C=C/C(C)=C\N=C(N)N1CCC(CCCOc2cc(C)c(C(=O)N[C@H](C)CO)c(C)c2)CC1. The summed E-state index contributed by atoms with van der Waals surface area (Å²) < 4.78 is 5.98. The van der Waals surface area contributed by atoms with Crippen LogP contribution in [0.2, 0.25) is 0 Å². The summed E-state index contributed by atoms with van der Waals surface area (Å²) in [5.74, 6) is 1.87. The molecule has 0 spiro atoms. The molecule has 0 bridgehead atoms. The number of aliphatic hydroxyl groups is 1. The summed E-state index contributed by atoms with van der Waals surface area (Å²) in [5.41, 5.74) is 9.49. The summed E-state index contributed by atoms with van der Waals surface area (Å²) in [6, 6.07) is 3.55. The number of nitrogens with two attached hydrogens (primary N) is 1. The molecule has 0 aliphatic carbocycles. The third-order valence-electron chi connectivity index (χ3n) is 6.07. The number of amides is 1. The Morgan fingerprint density at radius 2 is 2.00 bits per heavy atom. The molecule has 0 radical (unpaired) electrons. The molecule has 1 heterocycles. The van der Waals surface area contributed by atoms with Crippen molar-refractivity contribution in [2.24, 2.45) is 16.6 Å². The first-order valence-electron chi connectivity index (χ1n) is 11.8. The largest absolute Gasteiger partial charge is 0.494 e. The fraction of sp³-hybridized carbons (Fsp3) is 0.538. The molecule has 0 saturated carbocycles. The van der Waals surface area contributed by atoms with Gasteiger partial charge in [0.15, 0.2) is 5.96 Å². The molecule has 1 aliphatic heterocycles. The van der Waals surface area contributed by atoms with E-state index in [2.05, 4.69) is 21.8 Å². The van der Waals surface area contributed by atoms with Crippen molar-refractivity contribution in [3.05, 3.63) is 53.3 Å². The highest BCUT2D eigenvalue weighted by atomic mass is 16.5. The van der Waals surface area contributed by atoms with Crippen molar-refractivity contribution in [2.45, 2.75) is 59.4 Å². The Labute approximate surface area is 198 Å². The molecule has 1 amide bonds. The van der Waals surface area contributed by atoms with Crippen LogP contribution in [-0.2, 0) is 0 Å². The third-order valence-corrected chi connectivity index (χ3v) is 6.07. The van der Waals surface area contributed by atoms with Crippen molar-refractivity contribution >= 4 is 11.9 Å². The van der Waals surface area contributed by atoms with E-state index in [1.54, 1.807) is 19.2 Å². The van der Waals surface area contributed by atoms with Crippen LogP contribution in [0.15, 0.2) is 41.6 Å². The Morgan fingerprint density at radius 1 is 1.36 bits per heavy atom. The number of ether oxygens (including phenoxy) is 1. The van der Waals surface area contributed by atoms with Crippen molar-refractivity contribution in [3.8, 4) is 5.75 Å². The first-order valence-corrected chi connectivity index (χ1v) is 11.8. The van der Waals surface area contributed by atoms with E-state index < -0.39 is 0 Å². The highest BCUT2D eigenvalue weighted by Crippen LogP contribution is 2.24. The number of hydrogen-bond donors (Lipinski definition) is 3. The van der Waals surface area contributed by atoms with Gasteiger partial charge < -0.3 is 25.8 Å². The summed E-state index contributed by atoms with van der Waals surface area (Å²) in [6.07, 6.45) is 7.84. The van der Waals surface area contributed by atoms with E-state index in [-0.39, 0.29) is 18.6 Å². The Bertz CT molecular complexity index is 847. The maximum Gasteiger partial charge on any atom is 0.252 e.